The molecule has 1 N–H and O–H groups in total. The summed E-state index contributed by atoms with van der Waals surface area (Å²) in [6.45, 7) is 7.65. The van der Waals surface area contributed by atoms with Gasteiger partial charge in [0.2, 0.25) is 0 Å². The van der Waals surface area contributed by atoms with Gasteiger partial charge in [0.1, 0.15) is 11.3 Å². The van der Waals surface area contributed by atoms with Gasteiger partial charge in [-0.15, -0.1) is 0 Å². The molecule has 0 bridgehead atoms. The van der Waals surface area contributed by atoms with E-state index in [9.17, 15) is 4.79 Å². The number of halogens is 1. The number of nitrogens with one attached hydrogen (secondary N) is 1. The first-order valence-electron chi connectivity index (χ1n) is 5.75. The molecule has 0 aliphatic rings. The zero-order valence-electron chi connectivity index (χ0n) is 10.9. The molecule has 0 aliphatic heterocycles. The molecule has 0 atom stereocenters. The Balaban J connectivity index is 2.51. The Morgan fingerprint density at radius 2 is 2.11 bits per heavy atom. The average Bonchev–Trinajstić information content (AvgIpc) is 2.50. The van der Waals surface area contributed by atoms with E-state index in [2.05, 4.69) is 10.3 Å². The molecule has 0 unspecified atom stereocenters. The molecule has 2 heterocycles. The van der Waals surface area contributed by atoms with Crippen LogP contribution in [0.4, 0.5) is 0 Å². The van der Waals surface area contributed by atoms with Gasteiger partial charge in [-0.2, -0.15) is 0 Å². The number of rotatable bonds is 1. The number of nitrogens with zero attached hydrogens (tertiary/aromatic N) is 2. The molecule has 18 heavy (non-hydrogen) atoms. The van der Waals surface area contributed by atoms with Crippen molar-refractivity contribution in [3.05, 3.63) is 34.7 Å². The third-order valence-corrected chi connectivity index (χ3v) is 2.70. The Morgan fingerprint density at radius 1 is 1.44 bits per heavy atom. The molecule has 96 valence electrons. The molecule has 0 fully saturated rings. The Labute approximate surface area is 111 Å². The van der Waals surface area contributed by atoms with Crippen LogP contribution in [0, 0.1) is 6.92 Å². The summed E-state index contributed by atoms with van der Waals surface area (Å²) in [4.78, 5) is 16.6. The van der Waals surface area contributed by atoms with Crippen LogP contribution in [0.15, 0.2) is 18.3 Å². The van der Waals surface area contributed by atoms with E-state index in [1.54, 1.807) is 22.7 Å². The summed E-state index contributed by atoms with van der Waals surface area (Å²) >= 11 is 5.91. The van der Waals surface area contributed by atoms with E-state index >= 15 is 0 Å². The maximum atomic E-state index is 12.2. The van der Waals surface area contributed by atoms with Gasteiger partial charge < -0.3 is 5.32 Å². The minimum Gasteiger partial charge on any atom is -0.346 e. The highest BCUT2D eigenvalue weighted by molar-refractivity contribution is 6.30. The van der Waals surface area contributed by atoms with Crippen LogP contribution in [-0.4, -0.2) is 20.8 Å². The highest BCUT2D eigenvalue weighted by Crippen LogP contribution is 2.17. The number of carbonyl (C=O) groups excluding carboxylic acids is 1. The third kappa shape index (κ3) is 2.48. The number of hydrogen-bond donors (Lipinski definition) is 1. The fourth-order valence-electron chi connectivity index (χ4n) is 1.81. The second-order valence-corrected chi connectivity index (χ2v) is 5.76. The summed E-state index contributed by atoms with van der Waals surface area (Å²) in [6.07, 6.45) is 1.76. The molecule has 0 saturated heterocycles. The SMILES string of the molecule is Cc1nc2cc(Cl)ccn2c1C(=O)NC(C)(C)C. The van der Waals surface area contributed by atoms with Gasteiger partial charge in [0.25, 0.3) is 5.91 Å². The number of imidazole rings is 1. The van der Waals surface area contributed by atoms with Crippen molar-refractivity contribution in [1.29, 1.82) is 0 Å². The van der Waals surface area contributed by atoms with Crippen LogP contribution in [0.1, 0.15) is 37.0 Å². The molecular weight excluding hydrogens is 250 g/mol. The first-order chi connectivity index (χ1) is 8.28. The van der Waals surface area contributed by atoms with Crippen molar-refractivity contribution in [3.8, 4) is 0 Å². The van der Waals surface area contributed by atoms with Crippen LogP contribution in [0.5, 0.6) is 0 Å². The fraction of sp³-hybridized carbons (Fsp3) is 0.385. The average molecular weight is 266 g/mol. The van der Waals surface area contributed by atoms with E-state index < -0.39 is 0 Å². The van der Waals surface area contributed by atoms with Gasteiger partial charge in [0.05, 0.1) is 5.69 Å². The molecule has 4 nitrogen and oxygen atoms in total. The molecule has 5 heteroatoms. The molecule has 0 aliphatic carbocycles. The zero-order valence-corrected chi connectivity index (χ0v) is 11.7. The summed E-state index contributed by atoms with van der Waals surface area (Å²) in [5.41, 5.74) is 1.65. The number of aryl methyl sites for hydroxylation is 1. The second-order valence-electron chi connectivity index (χ2n) is 5.32. The van der Waals surface area contributed by atoms with Crippen LogP contribution >= 0.6 is 11.6 Å². The molecule has 0 aromatic carbocycles. The standard InChI is InChI=1S/C13H16ClN3O/c1-8-11(12(18)16-13(2,3)4)17-6-5-9(14)7-10(17)15-8/h5-7H,1-4H3,(H,16,18). The lowest BCUT2D eigenvalue weighted by Crippen LogP contribution is -2.41. The van der Waals surface area contributed by atoms with Gasteiger partial charge in [-0.3, -0.25) is 9.20 Å². The van der Waals surface area contributed by atoms with Gasteiger partial charge in [-0.05, 0) is 33.8 Å². The number of fused-ring (bicyclic) bond motifs is 1. The maximum absolute atomic E-state index is 12.2. The molecule has 2 rings (SSSR count). The largest absolute Gasteiger partial charge is 0.346 e. The van der Waals surface area contributed by atoms with Crippen LogP contribution in [-0.2, 0) is 0 Å². The predicted molar refractivity (Wildman–Crippen MR) is 72.2 cm³/mol. The highest BCUT2D eigenvalue weighted by Gasteiger charge is 2.21. The van der Waals surface area contributed by atoms with Crippen molar-refractivity contribution in [2.24, 2.45) is 0 Å². The van der Waals surface area contributed by atoms with Gasteiger partial charge in [-0.1, -0.05) is 11.6 Å². The first-order valence-corrected chi connectivity index (χ1v) is 6.12. The summed E-state index contributed by atoms with van der Waals surface area (Å²) in [7, 11) is 0. The predicted octanol–water partition coefficient (Wildman–Crippen LogP) is 2.82. The van der Waals surface area contributed by atoms with E-state index in [1.807, 2.05) is 27.7 Å². The Bertz CT molecular complexity index is 610. The van der Waals surface area contributed by atoms with E-state index in [0.29, 0.717) is 22.1 Å². The maximum Gasteiger partial charge on any atom is 0.270 e. The quantitative estimate of drug-likeness (QED) is 0.862. The number of pyridine rings is 1. The van der Waals surface area contributed by atoms with E-state index in [-0.39, 0.29) is 11.4 Å². The van der Waals surface area contributed by atoms with Crippen molar-refractivity contribution < 1.29 is 4.79 Å². The van der Waals surface area contributed by atoms with Crippen LogP contribution in [0.2, 0.25) is 5.02 Å². The summed E-state index contributed by atoms with van der Waals surface area (Å²) < 4.78 is 1.75. The molecule has 0 radical (unpaired) electrons. The van der Waals surface area contributed by atoms with Crippen LogP contribution < -0.4 is 5.32 Å². The molecule has 2 aromatic heterocycles. The lowest BCUT2D eigenvalue weighted by atomic mass is 10.1. The number of aromatic nitrogens is 2. The Kier molecular flexibility index (Phi) is 3.07. The number of amides is 1. The highest BCUT2D eigenvalue weighted by atomic mass is 35.5. The summed E-state index contributed by atoms with van der Waals surface area (Å²) in [5, 5.41) is 3.54. The topological polar surface area (TPSA) is 46.4 Å². The minimum atomic E-state index is -0.278. The summed E-state index contributed by atoms with van der Waals surface area (Å²) in [5.74, 6) is -0.130. The van der Waals surface area contributed by atoms with Crippen molar-refractivity contribution >= 4 is 23.2 Å². The molecule has 0 saturated carbocycles. The molecule has 1 amide bonds. The fourth-order valence-corrected chi connectivity index (χ4v) is 1.96. The Hall–Kier alpha value is -1.55. The molecule has 0 spiro atoms. The van der Waals surface area contributed by atoms with Gasteiger partial charge in [-0.25, -0.2) is 4.98 Å². The van der Waals surface area contributed by atoms with Crippen LogP contribution in [0.3, 0.4) is 0 Å². The molecular formula is C13H16ClN3O. The second kappa shape index (κ2) is 4.28. The van der Waals surface area contributed by atoms with Gasteiger partial charge in [0, 0.05) is 22.8 Å². The Morgan fingerprint density at radius 3 is 2.72 bits per heavy atom. The van der Waals surface area contributed by atoms with Crippen LogP contribution in [0.25, 0.3) is 5.65 Å². The number of hydrogen-bond acceptors (Lipinski definition) is 2. The first kappa shape index (κ1) is 12.9. The van der Waals surface area contributed by atoms with Crippen molar-refractivity contribution in [3.63, 3.8) is 0 Å². The van der Waals surface area contributed by atoms with Gasteiger partial charge in [0.15, 0.2) is 0 Å². The third-order valence-electron chi connectivity index (χ3n) is 2.47. The van der Waals surface area contributed by atoms with Gasteiger partial charge >= 0.3 is 0 Å². The molecule has 2 aromatic rings. The zero-order chi connectivity index (χ0) is 13.5. The summed E-state index contributed by atoms with van der Waals surface area (Å²) in [6, 6.07) is 3.48. The normalized spacial score (nSPS) is 11.8. The van der Waals surface area contributed by atoms with E-state index in [1.165, 1.54) is 0 Å². The van der Waals surface area contributed by atoms with Crippen molar-refractivity contribution in [2.75, 3.05) is 0 Å². The lowest BCUT2D eigenvalue weighted by molar-refractivity contribution is 0.0913. The van der Waals surface area contributed by atoms with Crippen molar-refractivity contribution in [1.82, 2.24) is 14.7 Å². The van der Waals surface area contributed by atoms with E-state index in [4.69, 9.17) is 11.6 Å². The van der Waals surface area contributed by atoms with E-state index in [0.717, 1.165) is 0 Å². The number of carbonyl (C=O) groups is 1. The minimum absolute atomic E-state index is 0.130. The monoisotopic (exact) mass is 265 g/mol. The smallest absolute Gasteiger partial charge is 0.270 e. The lowest BCUT2D eigenvalue weighted by Gasteiger charge is -2.20. The van der Waals surface area contributed by atoms with Crippen molar-refractivity contribution in [2.45, 2.75) is 33.2 Å².